The van der Waals surface area contributed by atoms with Gasteiger partial charge in [-0.15, -0.1) is 0 Å². The summed E-state index contributed by atoms with van der Waals surface area (Å²) in [7, 11) is 0. The standard InChI is InChI=1S/C50H100O2/c1-4-7-10-13-16-19-22-25-27-29-32-35-38-41-44-47-49(46-43-40-37-34-31-28-24-21-18-15-12-9-6-3)50(51)52-48-45-42-39-36-33-30-26-23-20-17-14-11-8-5-2/h49H,4-48H2,1-3H3. The summed E-state index contributed by atoms with van der Waals surface area (Å²) >= 11 is 0. The Labute approximate surface area is 330 Å². The molecule has 0 bridgehead atoms. The largest absolute Gasteiger partial charge is 0.465 e. The molecule has 0 saturated heterocycles. The normalized spacial score (nSPS) is 12.1. The molecular formula is C50H100O2. The summed E-state index contributed by atoms with van der Waals surface area (Å²) in [5.41, 5.74) is 0. The van der Waals surface area contributed by atoms with Gasteiger partial charge in [0.15, 0.2) is 0 Å². The van der Waals surface area contributed by atoms with E-state index in [-0.39, 0.29) is 11.9 Å². The van der Waals surface area contributed by atoms with Crippen molar-refractivity contribution < 1.29 is 9.53 Å². The maximum atomic E-state index is 13.2. The highest BCUT2D eigenvalue weighted by molar-refractivity contribution is 5.72. The molecule has 0 aromatic rings. The van der Waals surface area contributed by atoms with Crippen LogP contribution in [0, 0.1) is 5.92 Å². The predicted octanol–water partition coefficient (Wildman–Crippen LogP) is 18.4. The van der Waals surface area contributed by atoms with Crippen LogP contribution in [0.2, 0.25) is 0 Å². The van der Waals surface area contributed by atoms with E-state index in [2.05, 4.69) is 20.8 Å². The van der Waals surface area contributed by atoms with Crippen LogP contribution in [0.25, 0.3) is 0 Å². The zero-order valence-electron chi connectivity index (χ0n) is 36.7. The van der Waals surface area contributed by atoms with Crippen LogP contribution < -0.4 is 0 Å². The number of rotatable bonds is 46. The smallest absolute Gasteiger partial charge is 0.308 e. The minimum Gasteiger partial charge on any atom is -0.465 e. The fourth-order valence-electron chi connectivity index (χ4n) is 8.14. The van der Waals surface area contributed by atoms with Crippen molar-refractivity contribution in [1.82, 2.24) is 0 Å². The molecule has 2 nitrogen and oxygen atoms in total. The van der Waals surface area contributed by atoms with E-state index in [1.165, 1.54) is 263 Å². The number of carbonyl (C=O) groups is 1. The third-order valence-corrected chi connectivity index (χ3v) is 11.9. The minimum absolute atomic E-state index is 0.124. The van der Waals surface area contributed by atoms with Crippen LogP contribution in [-0.4, -0.2) is 12.6 Å². The van der Waals surface area contributed by atoms with Crippen molar-refractivity contribution in [1.29, 1.82) is 0 Å². The van der Waals surface area contributed by atoms with E-state index < -0.39 is 0 Å². The Hall–Kier alpha value is -0.530. The highest BCUT2D eigenvalue weighted by Gasteiger charge is 2.19. The zero-order chi connectivity index (χ0) is 37.7. The molecule has 0 rings (SSSR count). The highest BCUT2D eigenvalue weighted by atomic mass is 16.5. The Morgan fingerprint density at radius 1 is 0.288 bits per heavy atom. The summed E-state index contributed by atoms with van der Waals surface area (Å²) in [6, 6.07) is 0. The molecule has 0 N–H and O–H groups in total. The van der Waals surface area contributed by atoms with Gasteiger partial charge in [-0.2, -0.15) is 0 Å². The van der Waals surface area contributed by atoms with Gasteiger partial charge in [0.25, 0.3) is 0 Å². The van der Waals surface area contributed by atoms with Gasteiger partial charge in [0, 0.05) is 0 Å². The minimum atomic E-state index is 0.124. The number of carbonyl (C=O) groups excluding carboxylic acids is 1. The molecule has 52 heavy (non-hydrogen) atoms. The van der Waals surface area contributed by atoms with Gasteiger partial charge in [-0.05, 0) is 19.3 Å². The number of hydrogen-bond donors (Lipinski definition) is 0. The lowest BCUT2D eigenvalue weighted by Crippen LogP contribution is -2.18. The molecule has 0 heterocycles. The monoisotopic (exact) mass is 733 g/mol. The van der Waals surface area contributed by atoms with Crippen LogP contribution in [0.1, 0.15) is 303 Å². The summed E-state index contributed by atoms with van der Waals surface area (Å²) in [6.45, 7) is 7.55. The Morgan fingerprint density at radius 3 is 0.712 bits per heavy atom. The van der Waals surface area contributed by atoms with Crippen LogP contribution in [-0.2, 0) is 9.53 Å². The number of ether oxygens (including phenoxy) is 1. The molecule has 0 spiro atoms. The molecule has 0 aliphatic rings. The van der Waals surface area contributed by atoms with E-state index >= 15 is 0 Å². The lowest BCUT2D eigenvalue weighted by molar-refractivity contribution is -0.149. The summed E-state index contributed by atoms with van der Waals surface area (Å²) in [6.07, 6.45) is 60.1. The zero-order valence-corrected chi connectivity index (χ0v) is 36.7. The van der Waals surface area contributed by atoms with E-state index in [0.29, 0.717) is 6.61 Å². The maximum Gasteiger partial charge on any atom is 0.308 e. The summed E-state index contributed by atoms with van der Waals surface area (Å²) in [4.78, 5) is 13.2. The van der Waals surface area contributed by atoms with Crippen LogP contribution in [0.4, 0.5) is 0 Å². The summed E-state index contributed by atoms with van der Waals surface area (Å²) in [5.74, 6) is 0.264. The molecular weight excluding hydrogens is 633 g/mol. The van der Waals surface area contributed by atoms with Crippen molar-refractivity contribution in [3.63, 3.8) is 0 Å². The van der Waals surface area contributed by atoms with E-state index in [1.807, 2.05) is 0 Å². The lowest BCUT2D eigenvalue weighted by atomic mass is 9.94. The van der Waals surface area contributed by atoms with Crippen LogP contribution in [0.5, 0.6) is 0 Å². The third-order valence-electron chi connectivity index (χ3n) is 11.9. The first-order valence-corrected chi connectivity index (χ1v) is 24.9. The molecule has 0 radical (unpaired) electrons. The van der Waals surface area contributed by atoms with Crippen LogP contribution >= 0.6 is 0 Å². The van der Waals surface area contributed by atoms with Crippen molar-refractivity contribution in [3.05, 3.63) is 0 Å². The molecule has 312 valence electrons. The molecule has 0 amide bonds. The fourth-order valence-corrected chi connectivity index (χ4v) is 8.14. The average Bonchev–Trinajstić information content (AvgIpc) is 3.15. The van der Waals surface area contributed by atoms with Gasteiger partial charge in [-0.1, -0.05) is 284 Å². The fraction of sp³-hybridized carbons (Fsp3) is 0.980. The molecule has 0 aliphatic heterocycles. The maximum absolute atomic E-state index is 13.2. The van der Waals surface area contributed by atoms with Crippen molar-refractivity contribution in [2.45, 2.75) is 303 Å². The van der Waals surface area contributed by atoms with Gasteiger partial charge in [-0.25, -0.2) is 0 Å². The number of esters is 1. The van der Waals surface area contributed by atoms with E-state index in [4.69, 9.17) is 4.74 Å². The van der Waals surface area contributed by atoms with E-state index in [1.54, 1.807) is 0 Å². The molecule has 0 aromatic heterocycles. The van der Waals surface area contributed by atoms with Gasteiger partial charge in [0.1, 0.15) is 0 Å². The second-order valence-corrected chi connectivity index (χ2v) is 17.2. The van der Waals surface area contributed by atoms with Gasteiger partial charge in [0.05, 0.1) is 12.5 Å². The van der Waals surface area contributed by atoms with E-state index in [0.717, 1.165) is 19.3 Å². The molecule has 2 heteroatoms. The Kier molecular flexibility index (Phi) is 46.1. The first-order valence-electron chi connectivity index (χ1n) is 24.9. The van der Waals surface area contributed by atoms with Gasteiger partial charge < -0.3 is 4.74 Å². The van der Waals surface area contributed by atoms with Crippen LogP contribution in [0.15, 0.2) is 0 Å². The second kappa shape index (κ2) is 46.6. The SMILES string of the molecule is CCCCCCCCCCCCCCCCCC(CCCCCCCCCCCCCCC)C(=O)OCCCCCCCCCCCCCCCC. The Bertz CT molecular complexity index is 644. The van der Waals surface area contributed by atoms with Crippen molar-refractivity contribution >= 4 is 5.97 Å². The first-order chi connectivity index (χ1) is 25.8. The molecule has 0 saturated carbocycles. The lowest BCUT2D eigenvalue weighted by Gasteiger charge is -2.16. The average molecular weight is 733 g/mol. The van der Waals surface area contributed by atoms with Crippen molar-refractivity contribution in [2.75, 3.05) is 6.61 Å². The number of unbranched alkanes of at least 4 members (excludes halogenated alkanes) is 39. The van der Waals surface area contributed by atoms with Gasteiger partial charge in [-0.3, -0.25) is 4.79 Å². The van der Waals surface area contributed by atoms with Gasteiger partial charge in [0.2, 0.25) is 0 Å². The van der Waals surface area contributed by atoms with Gasteiger partial charge >= 0.3 is 5.97 Å². The molecule has 1 atom stereocenters. The van der Waals surface area contributed by atoms with Crippen LogP contribution in [0.3, 0.4) is 0 Å². The number of hydrogen-bond acceptors (Lipinski definition) is 2. The summed E-state index contributed by atoms with van der Waals surface area (Å²) in [5, 5.41) is 0. The van der Waals surface area contributed by atoms with E-state index in [9.17, 15) is 4.79 Å². The first kappa shape index (κ1) is 51.5. The van der Waals surface area contributed by atoms with Crippen molar-refractivity contribution in [2.24, 2.45) is 5.92 Å². The quantitative estimate of drug-likeness (QED) is 0.0460. The topological polar surface area (TPSA) is 26.3 Å². The predicted molar refractivity (Wildman–Crippen MR) is 235 cm³/mol. The Morgan fingerprint density at radius 2 is 0.481 bits per heavy atom. The molecule has 0 aromatic carbocycles. The molecule has 1 unspecified atom stereocenters. The highest BCUT2D eigenvalue weighted by Crippen LogP contribution is 2.22. The van der Waals surface area contributed by atoms with Crippen molar-refractivity contribution in [3.8, 4) is 0 Å². The molecule has 0 aliphatic carbocycles. The molecule has 0 fully saturated rings. The summed E-state index contributed by atoms with van der Waals surface area (Å²) < 4.78 is 5.91. The second-order valence-electron chi connectivity index (χ2n) is 17.2. The Balaban J connectivity index is 4.06. The third kappa shape index (κ3) is 42.2.